The normalized spacial score (nSPS) is 10.0. The Balaban J connectivity index is 2.28. The molecule has 1 N–H and O–H groups in total. The topological polar surface area (TPSA) is 83.6 Å². The van der Waals surface area contributed by atoms with Crippen molar-refractivity contribution in [1.29, 1.82) is 5.26 Å². The second-order valence-corrected chi connectivity index (χ2v) is 4.22. The van der Waals surface area contributed by atoms with Crippen LogP contribution in [0, 0.1) is 25.2 Å². The van der Waals surface area contributed by atoms with Crippen molar-refractivity contribution in [3.05, 3.63) is 40.8 Å². The van der Waals surface area contributed by atoms with Crippen LogP contribution in [0.2, 0.25) is 0 Å². The zero-order chi connectivity index (χ0) is 14.0. The molecule has 0 aliphatic rings. The number of nitrogens with zero attached hydrogens (tertiary/aromatic N) is 4. The highest BCUT2D eigenvalue weighted by atomic mass is 16.1. The van der Waals surface area contributed by atoms with Crippen LogP contribution in [0.15, 0.2) is 18.3 Å². The SMILES string of the molecule is Cc1ccc(C(=O)Nc2nn(C)cc2C#N)c(C)n1. The molecule has 0 saturated heterocycles. The van der Waals surface area contributed by atoms with E-state index in [0.29, 0.717) is 16.8 Å². The number of pyridine rings is 1. The van der Waals surface area contributed by atoms with Gasteiger partial charge in [-0.1, -0.05) is 0 Å². The van der Waals surface area contributed by atoms with Crippen molar-refractivity contribution in [3.63, 3.8) is 0 Å². The van der Waals surface area contributed by atoms with Gasteiger partial charge in [0, 0.05) is 18.9 Å². The van der Waals surface area contributed by atoms with Crippen LogP contribution >= 0.6 is 0 Å². The molecule has 0 saturated carbocycles. The van der Waals surface area contributed by atoms with Crippen LogP contribution in [0.1, 0.15) is 27.3 Å². The van der Waals surface area contributed by atoms with Crippen LogP contribution in [0.4, 0.5) is 5.82 Å². The van der Waals surface area contributed by atoms with E-state index in [9.17, 15) is 4.79 Å². The van der Waals surface area contributed by atoms with Crippen LogP contribution in [-0.4, -0.2) is 20.7 Å². The fourth-order valence-corrected chi connectivity index (χ4v) is 1.76. The van der Waals surface area contributed by atoms with Crippen LogP contribution in [0.3, 0.4) is 0 Å². The van der Waals surface area contributed by atoms with Gasteiger partial charge in [0.15, 0.2) is 5.82 Å². The molecule has 0 spiro atoms. The molecule has 2 aromatic heterocycles. The predicted molar refractivity (Wildman–Crippen MR) is 69.6 cm³/mol. The molecule has 0 aromatic carbocycles. The fourth-order valence-electron chi connectivity index (χ4n) is 1.76. The summed E-state index contributed by atoms with van der Waals surface area (Å²) in [6.07, 6.45) is 1.55. The summed E-state index contributed by atoms with van der Waals surface area (Å²) in [7, 11) is 1.69. The Bertz CT molecular complexity index is 681. The molecule has 0 atom stereocenters. The molecule has 2 rings (SSSR count). The lowest BCUT2D eigenvalue weighted by atomic mass is 10.1. The number of carbonyl (C=O) groups is 1. The third-order valence-electron chi connectivity index (χ3n) is 2.65. The number of aryl methyl sites for hydroxylation is 3. The smallest absolute Gasteiger partial charge is 0.258 e. The van der Waals surface area contributed by atoms with E-state index in [4.69, 9.17) is 5.26 Å². The van der Waals surface area contributed by atoms with Crippen molar-refractivity contribution in [2.75, 3.05) is 5.32 Å². The molecule has 0 radical (unpaired) electrons. The van der Waals surface area contributed by atoms with Gasteiger partial charge in [-0.3, -0.25) is 14.5 Å². The Labute approximate surface area is 110 Å². The number of nitrogens with one attached hydrogen (secondary N) is 1. The Morgan fingerprint density at radius 3 is 2.79 bits per heavy atom. The maximum atomic E-state index is 12.1. The Hall–Kier alpha value is -2.68. The maximum absolute atomic E-state index is 12.1. The van der Waals surface area contributed by atoms with Gasteiger partial charge in [-0.25, -0.2) is 0 Å². The first-order chi connectivity index (χ1) is 9.01. The van der Waals surface area contributed by atoms with E-state index in [0.717, 1.165) is 5.69 Å². The highest BCUT2D eigenvalue weighted by molar-refractivity contribution is 6.05. The van der Waals surface area contributed by atoms with Crippen molar-refractivity contribution in [1.82, 2.24) is 14.8 Å². The van der Waals surface area contributed by atoms with E-state index in [2.05, 4.69) is 15.4 Å². The molecule has 96 valence electrons. The molecule has 0 aliphatic carbocycles. The molecule has 6 nitrogen and oxygen atoms in total. The van der Waals surface area contributed by atoms with Crippen molar-refractivity contribution in [2.24, 2.45) is 7.05 Å². The number of hydrogen-bond donors (Lipinski definition) is 1. The average molecular weight is 255 g/mol. The van der Waals surface area contributed by atoms with Crippen LogP contribution < -0.4 is 5.32 Å². The van der Waals surface area contributed by atoms with E-state index in [1.165, 1.54) is 4.68 Å². The number of anilines is 1. The molecule has 0 unspecified atom stereocenters. The summed E-state index contributed by atoms with van der Waals surface area (Å²) < 4.78 is 1.48. The summed E-state index contributed by atoms with van der Waals surface area (Å²) >= 11 is 0. The van der Waals surface area contributed by atoms with E-state index in [-0.39, 0.29) is 11.7 Å². The minimum atomic E-state index is -0.319. The lowest BCUT2D eigenvalue weighted by Gasteiger charge is -2.06. The van der Waals surface area contributed by atoms with Gasteiger partial charge in [-0.2, -0.15) is 10.4 Å². The number of aromatic nitrogens is 3. The van der Waals surface area contributed by atoms with Gasteiger partial charge in [0.2, 0.25) is 0 Å². The predicted octanol–water partition coefficient (Wildman–Crippen LogP) is 1.56. The zero-order valence-electron chi connectivity index (χ0n) is 10.9. The minimum absolute atomic E-state index is 0.259. The molecule has 0 bridgehead atoms. The minimum Gasteiger partial charge on any atom is -0.304 e. The van der Waals surface area contributed by atoms with Crippen molar-refractivity contribution >= 4 is 11.7 Å². The molecule has 0 aliphatic heterocycles. The lowest BCUT2D eigenvalue weighted by molar-refractivity contribution is 0.102. The Morgan fingerprint density at radius 1 is 1.42 bits per heavy atom. The number of hydrogen-bond acceptors (Lipinski definition) is 4. The monoisotopic (exact) mass is 255 g/mol. The van der Waals surface area contributed by atoms with Crippen molar-refractivity contribution < 1.29 is 4.79 Å². The third kappa shape index (κ3) is 2.60. The molecule has 1 amide bonds. The fraction of sp³-hybridized carbons (Fsp3) is 0.231. The summed E-state index contributed by atoms with van der Waals surface area (Å²) in [4.78, 5) is 16.3. The zero-order valence-corrected chi connectivity index (χ0v) is 10.9. The molecule has 2 aromatic rings. The highest BCUT2D eigenvalue weighted by Gasteiger charge is 2.14. The van der Waals surface area contributed by atoms with Gasteiger partial charge in [-0.15, -0.1) is 0 Å². The van der Waals surface area contributed by atoms with Gasteiger partial charge >= 0.3 is 0 Å². The number of carbonyl (C=O) groups excluding carboxylic acids is 1. The molecule has 0 fully saturated rings. The number of rotatable bonds is 2. The highest BCUT2D eigenvalue weighted by Crippen LogP contribution is 2.14. The molecular formula is C13H13N5O. The van der Waals surface area contributed by atoms with Crippen LogP contribution in [-0.2, 0) is 7.05 Å². The van der Waals surface area contributed by atoms with E-state index in [1.807, 2.05) is 13.0 Å². The first-order valence-electron chi connectivity index (χ1n) is 5.70. The van der Waals surface area contributed by atoms with Crippen molar-refractivity contribution in [2.45, 2.75) is 13.8 Å². The van der Waals surface area contributed by atoms with Gasteiger partial charge in [0.05, 0.1) is 11.3 Å². The van der Waals surface area contributed by atoms with Gasteiger partial charge < -0.3 is 5.32 Å². The second kappa shape index (κ2) is 4.90. The second-order valence-electron chi connectivity index (χ2n) is 4.22. The van der Waals surface area contributed by atoms with Gasteiger partial charge in [0.1, 0.15) is 11.6 Å². The van der Waals surface area contributed by atoms with E-state index >= 15 is 0 Å². The van der Waals surface area contributed by atoms with Crippen molar-refractivity contribution in [3.8, 4) is 6.07 Å². The molecule has 19 heavy (non-hydrogen) atoms. The standard InChI is InChI=1S/C13H13N5O/c1-8-4-5-11(9(2)15-8)13(19)16-12-10(6-14)7-18(3)17-12/h4-5,7H,1-3H3,(H,16,17,19). The average Bonchev–Trinajstić information content (AvgIpc) is 2.69. The van der Waals surface area contributed by atoms with Gasteiger partial charge in [0.25, 0.3) is 5.91 Å². The number of amides is 1. The summed E-state index contributed by atoms with van der Waals surface area (Å²) in [6.45, 7) is 3.63. The van der Waals surface area contributed by atoms with Gasteiger partial charge in [-0.05, 0) is 26.0 Å². The number of nitriles is 1. The summed E-state index contributed by atoms with van der Waals surface area (Å²) in [6, 6.07) is 5.46. The van der Waals surface area contributed by atoms with E-state index in [1.54, 1.807) is 32.3 Å². The molecule has 6 heteroatoms. The summed E-state index contributed by atoms with van der Waals surface area (Å²) in [5.41, 5.74) is 2.30. The van der Waals surface area contributed by atoms with Crippen LogP contribution in [0.5, 0.6) is 0 Å². The van der Waals surface area contributed by atoms with Crippen LogP contribution in [0.25, 0.3) is 0 Å². The Morgan fingerprint density at radius 2 is 2.16 bits per heavy atom. The summed E-state index contributed by atoms with van der Waals surface area (Å²) in [5, 5.41) is 15.6. The molecule has 2 heterocycles. The largest absolute Gasteiger partial charge is 0.304 e. The molecular weight excluding hydrogens is 242 g/mol. The third-order valence-corrected chi connectivity index (χ3v) is 2.65. The van der Waals surface area contributed by atoms with E-state index < -0.39 is 0 Å². The maximum Gasteiger partial charge on any atom is 0.258 e. The quantitative estimate of drug-likeness (QED) is 0.882. The summed E-state index contributed by atoms with van der Waals surface area (Å²) in [5.74, 6) is -0.0600. The Kier molecular flexibility index (Phi) is 3.29. The lowest BCUT2D eigenvalue weighted by Crippen LogP contribution is -2.15. The first kappa shape index (κ1) is 12.8. The first-order valence-corrected chi connectivity index (χ1v) is 5.70.